The first kappa shape index (κ1) is 19.3. The number of aliphatic hydroxyl groups is 2. The lowest BCUT2D eigenvalue weighted by Crippen LogP contribution is -2.39. The fraction of sp³-hybridized carbons (Fsp3) is 0.562. The number of halogens is 3. The van der Waals surface area contributed by atoms with Crippen molar-refractivity contribution in [3.63, 3.8) is 0 Å². The summed E-state index contributed by atoms with van der Waals surface area (Å²) < 4.78 is 39.3. The molecule has 7 heteroatoms. The van der Waals surface area contributed by atoms with Gasteiger partial charge in [0.05, 0.1) is 24.8 Å². The summed E-state index contributed by atoms with van der Waals surface area (Å²) in [5.41, 5.74) is -1.43. The topological polar surface area (TPSA) is 48.1 Å². The van der Waals surface area contributed by atoms with Crippen LogP contribution in [0.1, 0.15) is 26.3 Å². The largest absolute Gasteiger partial charge is 0.407 e. The van der Waals surface area contributed by atoms with Crippen LogP contribution in [0.2, 0.25) is 0 Å². The summed E-state index contributed by atoms with van der Waals surface area (Å²) in [5, 5.41) is 18.7. The third-order valence-corrected chi connectivity index (χ3v) is 3.08. The van der Waals surface area contributed by atoms with Gasteiger partial charge in [0.25, 0.3) is 0 Å². The Bertz CT molecular complexity index is 574. The van der Waals surface area contributed by atoms with Crippen LogP contribution in [0.4, 0.5) is 24.5 Å². The van der Waals surface area contributed by atoms with Crippen LogP contribution >= 0.6 is 0 Å². The van der Waals surface area contributed by atoms with Crippen LogP contribution in [-0.2, 0) is 6.18 Å². The zero-order valence-corrected chi connectivity index (χ0v) is 13.4. The Kier molecular flexibility index (Phi) is 6.03. The van der Waals surface area contributed by atoms with E-state index < -0.39 is 30.1 Å². The molecule has 128 valence electrons. The van der Waals surface area contributed by atoms with Crippen LogP contribution in [0.15, 0.2) is 18.2 Å². The summed E-state index contributed by atoms with van der Waals surface area (Å²) >= 11 is 0. The summed E-state index contributed by atoms with van der Waals surface area (Å²) in [6.07, 6.45) is -5.69. The summed E-state index contributed by atoms with van der Waals surface area (Å²) in [5.74, 6) is 0. The molecule has 0 saturated carbocycles. The fourth-order valence-corrected chi connectivity index (χ4v) is 2.19. The zero-order valence-electron chi connectivity index (χ0n) is 13.4. The smallest absolute Gasteiger partial charge is 0.394 e. The van der Waals surface area contributed by atoms with Crippen molar-refractivity contribution in [2.75, 3.05) is 24.6 Å². The molecular formula is C16H21F3N2O2. The van der Waals surface area contributed by atoms with Gasteiger partial charge in [-0.1, -0.05) is 26.8 Å². The molecule has 1 aromatic rings. The van der Waals surface area contributed by atoms with Gasteiger partial charge in [0, 0.05) is 18.8 Å². The molecule has 2 N–H and O–H groups in total. The normalized spacial score (nSPS) is 13.5. The predicted molar refractivity (Wildman–Crippen MR) is 82.5 cm³/mol. The van der Waals surface area contributed by atoms with Crippen molar-refractivity contribution in [1.82, 2.24) is 0 Å². The molecule has 0 aliphatic rings. The second-order valence-electron chi connectivity index (χ2n) is 6.59. The monoisotopic (exact) mass is 330 g/mol. The summed E-state index contributed by atoms with van der Waals surface area (Å²) in [4.78, 5) is 4.50. The Morgan fingerprint density at radius 3 is 2.30 bits per heavy atom. The van der Waals surface area contributed by atoms with Crippen LogP contribution < -0.4 is 4.90 Å². The van der Waals surface area contributed by atoms with Crippen molar-refractivity contribution in [2.24, 2.45) is 5.41 Å². The lowest BCUT2D eigenvalue weighted by molar-refractivity contribution is -0.136. The van der Waals surface area contributed by atoms with E-state index in [0.29, 0.717) is 6.54 Å². The number of hydrogen-bond donors (Lipinski definition) is 2. The lowest BCUT2D eigenvalue weighted by Gasteiger charge is -2.33. The van der Waals surface area contributed by atoms with Crippen molar-refractivity contribution in [2.45, 2.75) is 33.1 Å². The highest BCUT2D eigenvalue weighted by atomic mass is 19.4. The molecule has 0 saturated heterocycles. The number of hydrogen-bond acceptors (Lipinski definition) is 3. The van der Waals surface area contributed by atoms with Crippen LogP contribution in [0, 0.1) is 12.0 Å². The molecule has 0 spiro atoms. The molecule has 0 aromatic heterocycles. The first-order valence-electron chi connectivity index (χ1n) is 7.10. The average molecular weight is 330 g/mol. The molecule has 1 aromatic carbocycles. The van der Waals surface area contributed by atoms with Crippen molar-refractivity contribution in [3.8, 4) is 0 Å². The van der Waals surface area contributed by atoms with Gasteiger partial charge in [-0.2, -0.15) is 13.2 Å². The molecule has 0 bridgehead atoms. The van der Waals surface area contributed by atoms with E-state index in [-0.39, 0.29) is 17.6 Å². The molecule has 0 radical (unpaired) electrons. The quantitative estimate of drug-likeness (QED) is 0.813. The summed E-state index contributed by atoms with van der Waals surface area (Å²) in [6, 6.07) is 3.48. The van der Waals surface area contributed by atoms with E-state index in [1.165, 1.54) is 6.07 Å². The standard InChI is InChI=1S/C16H21F3N2O2/c1-15(2,3)10-21(8-12(23)9-22)11-5-6-14(20-4)13(7-11)16(17,18)19/h5-7,12,22-23H,8-10H2,1-3H3. The van der Waals surface area contributed by atoms with Crippen LogP contribution in [0.3, 0.4) is 0 Å². The average Bonchev–Trinajstić information content (AvgIpc) is 2.43. The van der Waals surface area contributed by atoms with Crippen molar-refractivity contribution < 1.29 is 23.4 Å². The number of alkyl halides is 3. The van der Waals surface area contributed by atoms with E-state index in [1.54, 1.807) is 4.90 Å². The minimum Gasteiger partial charge on any atom is -0.394 e. The molecule has 0 fully saturated rings. The van der Waals surface area contributed by atoms with Gasteiger partial charge in [-0.15, -0.1) is 0 Å². The maximum absolute atomic E-state index is 13.1. The van der Waals surface area contributed by atoms with E-state index in [0.717, 1.165) is 12.1 Å². The summed E-state index contributed by atoms with van der Waals surface area (Å²) in [6.45, 7) is 12.5. The van der Waals surface area contributed by atoms with Crippen LogP contribution in [0.5, 0.6) is 0 Å². The first-order valence-corrected chi connectivity index (χ1v) is 7.10. The third-order valence-electron chi connectivity index (χ3n) is 3.08. The molecule has 0 heterocycles. The maximum atomic E-state index is 13.1. The molecule has 23 heavy (non-hydrogen) atoms. The second kappa shape index (κ2) is 7.20. The van der Waals surface area contributed by atoms with Gasteiger partial charge in [-0.3, -0.25) is 0 Å². The van der Waals surface area contributed by atoms with Crippen molar-refractivity contribution >= 4 is 11.4 Å². The minimum absolute atomic E-state index is 0.00241. The van der Waals surface area contributed by atoms with Crippen molar-refractivity contribution in [1.29, 1.82) is 0 Å². The molecule has 0 amide bonds. The SMILES string of the molecule is [C-]#[N+]c1ccc(N(CC(O)CO)CC(C)(C)C)cc1C(F)(F)F. The van der Waals surface area contributed by atoms with E-state index >= 15 is 0 Å². The number of aliphatic hydroxyl groups excluding tert-OH is 2. The van der Waals surface area contributed by atoms with E-state index in [9.17, 15) is 18.3 Å². The van der Waals surface area contributed by atoms with Gasteiger partial charge in [0.1, 0.15) is 0 Å². The zero-order chi connectivity index (χ0) is 17.8. The van der Waals surface area contributed by atoms with Crippen molar-refractivity contribution in [3.05, 3.63) is 35.2 Å². The molecule has 0 aliphatic carbocycles. The highest BCUT2D eigenvalue weighted by molar-refractivity contribution is 5.62. The van der Waals surface area contributed by atoms with Gasteiger partial charge in [-0.25, -0.2) is 4.85 Å². The fourth-order valence-electron chi connectivity index (χ4n) is 2.19. The molecule has 1 atom stereocenters. The number of anilines is 1. The van der Waals surface area contributed by atoms with Crippen LogP contribution in [-0.4, -0.2) is 36.0 Å². The first-order chi connectivity index (χ1) is 10.5. The molecule has 1 unspecified atom stereocenters. The molecule has 4 nitrogen and oxygen atoms in total. The Balaban J connectivity index is 3.28. The number of benzene rings is 1. The highest BCUT2D eigenvalue weighted by Crippen LogP contribution is 2.39. The lowest BCUT2D eigenvalue weighted by atomic mass is 9.95. The Hall–Kier alpha value is -1.78. The Morgan fingerprint density at radius 1 is 1.26 bits per heavy atom. The Labute approximate surface area is 134 Å². The maximum Gasteiger partial charge on any atom is 0.407 e. The molecule has 0 aliphatic heterocycles. The van der Waals surface area contributed by atoms with Crippen LogP contribution in [0.25, 0.3) is 4.85 Å². The predicted octanol–water partition coefficient (Wildman–Crippen LogP) is 3.46. The van der Waals surface area contributed by atoms with E-state index in [4.69, 9.17) is 11.7 Å². The molecule has 1 rings (SSSR count). The van der Waals surface area contributed by atoms with Gasteiger partial charge in [-0.05, 0) is 17.5 Å². The van der Waals surface area contributed by atoms with E-state index in [1.807, 2.05) is 20.8 Å². The summed E-state index contributed by atoms with van der Waals surface area (Å²) in [7, 11) is 0. The highest BCUT2D eigenvalue weighted by Gasteiger charge is 2.34. The van der Waals surface area contributed by atoms with Gasteiger partial charge < -0.3 is 15.1 Å². The van der Waals surface area contributed by atoms with Gasteiger partial charge >= 0.3 is 6.18 Å². The second-order valence-corrected chi connectivity index (χ2v) is 6.59. The number of nitrogens with zero attached hydrogens (tertiary/aromatic N) is 2. The minimum atomic E-state index is -4.63. The Morgan fingerprint density at radius 2 is 1.87 bits per heavy atom. The van der Waals surface area contributed by atoms with Gasteiger partial charge in [0.15, 0.2) is 5.69 Å². The molecular weight excluding hydrogens is 309 g/mol. The number of rotatable bonds is 5. The van der Waals surface area contributed by atoms with E-state index in [2.05, 4.69) is 4.85 Å². The third kappa shape index (κ3) is 5.73. The van der Waals surface area contributed by atoms with Gasteiger partial charge in [0.2, 0.25) is 0 Å².